The van der Waals surface area contributed by atoms with Crippen molar-refractivity contribution >= 4 is 0 Å². The summed E-state index contributed by atoms with van der Waals surface area (Å²) < 4.78 is 15.2. The van der Waals surface area contributed by atoms with Crippen LogP contribution in [0, 0.1) is 0 Å². The molecule has 0 unspecified atom stereocenters. The second-order valence-electron chi connectivity index (χ2n) is 5.04. The van der Waals surface area contributed by atoms with Gasteiger partial charge in [-0.1, -0.05) is 0 Å². The van der Waals surface area contributed by atoms with Gasteiger partial charge in [0.25, 0.3) is 0 Å². The van der Waals surface area contributed by atoms with E-state index in [1.807, 2.05) is 0 Å². The van der Waals surface area contributed by atoms with Crippen molar-refractivity contribution in [1.29, 1.82) is 0 Å². The number of rotatable bonds is 4. The molecule has 0 aromatic heterocycles. The van der Waals surface area contributed by atoms with Gasteiger partial charge in [0.2, 0.25) is 0 Å². The summed E-state index contributed by atoms with van der Waals surface area (Å²) in [7, 11) is 0. The molecule has 10 heteroatoms. The van der Waals surface area contributed by atoms with E-state index in [1.165, 1.54) is 0 Å². The quantitative estimate of drug-likeness (QED) is 0.267. The lowest BCUT2D eigenvalue weighted by Crippen LogP contribution is -2.60. The smallest absolute Gasteiger partial charge is 0.187 e. The topological polar surface area (TPSA) is 169 Å². The maximum atomic E-state index is 9.80. The van der Waals surface area contributed by atoms with Gasteiger partial charge in [0.1, 0.15) is 42.7 Å². The summed E-state index contributed by atoms with van der Waals surface area (Å²) in [4.78, 5) is 0. The normalized spacial score (nSPS) is 51.3. The van der Waals surface area contributed by atoms with Crippen molar-refractivity contribution in [2.45, 2.75) is 55.3 Å². The summed E-state index contributed by atoms with van der Waals surface area (Å²) in [5, 5.41) is 66.3. The second kappa shape index (κ2) is 6.79. The minimum absolute atomic E-state index is 0.559. The first-order valence-electron chi connectivity index (χ1n) is 6.49. The number of aliphatic hydroxyl groups is 7. The van der Waals surface area contributed by atoms with E-state index in [0.717, 1.165) is 0 Å². The van der Waals surface area contributed by atoms with Crippen LogP contribution in [-0.4, -0.2) is 104 Å². The zero-order valence-electron chi connectivity index (χ0n) is 11.0. The third-order valence-corrected chi connectivity index (χ3v) is 3.63. The zero-order valence-corrected chi connectivity index (χ0v) is 11.0. The summed E-state index contributed by atoms with van der Waals surface area (Å²) in [6, 6.07) is 0. The Morgan fingerprint density at radius 3 is 1.90 bits per heavy atom. The molecule has 0 radical (unpaired) electrons. The number of hydrogen-bond acceptors (Lipinski definition) is 10. The molecule has 0 amide bonds. The molecule has 0 saturated carbocycles. The Labute approximate surface area is 119 Å². The van der Waals surface area contributed by atoms with Crippen molar-refractivity contribution < 1.29 is 50.0 Å². The van der Waals surface area contributed by atoms with E-state index >= 15 is 0 Å². The van der Waals surface area contributed by atoms with Crippen LogP contribution >= 0.6 is 0 Å². The van der Waals surface area contributed by atoms with Gasteiger partial charge in [0.05, 0.1) is 13.2 Å². The third-order valence-electron chi connectivity index (χ3n) is 3.63. The molecule has 0 bridgehead atoms. The van der Waals surface area contributed by atoms with Crippen molar-refractivity contribution in [3.05, 3.63) is 0 Å². The first kappa shape index (κ1) is 17.0. The van der Waals surface area contributed by atoms with Crippen LogP contribution in [0.15, 0.2) is 0 Å². The van der Waals surface area contributed by atoms with Gasteiger partial charge in [-0.25, -0.2) is 0 Å². The van der Waals surface area contributed by atoms with Crippen molar-refractivity contribution in [3.8, 4) is 0 Å². The van der Waals surface area contributed by atoms with Gasteiger partial charge >= 0.3 is 0 Å². The average molecular weight is 312 g/mol. The Kier molecular flexibility index (Phi) is 5.48. The Morgan fingerprint density at radius 1 is 0.714 bits per heavy atom. The molecule has 124 valence electrons. The minimum atomic E-state index is -1.65. The summed E-state index contributed by atoms with van der Waals surface area (Å²) in [5.41, 5.74) is 0. The third kappa shape index (κ3) is 3.19. The van der Waals surface area contributed by atoms with E-state index in [4.69, 9.17) is 24.4 Å². The van der Waals surface area contributed by atoms with Crippen LogP contribution < -0.4 is 0 Å². The van der Waals surface area contributed by atoms with Crippen molar-refractivity contribution in [3.63, 3.8) is 0 Å². The van der Waals surface area contributed by atoms with E-state index in [0.29, 0.717) is 0 Å². The van der Waals surface area contributed by atoms with Crippen LogP contribution in [0.3, 0.4) is 0 Å². The highest BCUT2D eigenvalue weighted by Crippen LogP contribution is 2.28. The Morgan fingerprint density at radius 2 is 1.33 bits per heavy atom. The highest BCUT2D eigenvalue weighted by Gasteiger charge is 2.49. The summed E-state index contributed by atoms with van der Waals surface area (Å²) in [6.45, 7) is -1.18. The molecule has 2 fully saturated rings. The summed E-state index contributed by atoms with van der Waals surface area (Å²) in [5.74, 6) is 0. The number of aliphatic hydroxyl groups excluding tert-OH is 7. The summed E-state index contributed by atoms with van der Waals surface area (Å²) >= 11 is 0. The van der Waals surface area contributed by atoms with Gasteiger partial charge in [0.15, 0.2) is 12.6 Å². The monoisotopic (exact) mass is 312 g/mol. The highest BCUT2D eigenvalue weighted by molar-refractivity contribution is 4.92. The van der Waals surface area contributed by atoms with Crippen LogP contribution in [0.25, 0.3) is 0 Å². The molecule has 2 aliphatic rings. The lowest BCUT2D eigenvalue weighted by Gasteiger charge is -2.41. The average Bonchev–Trinajstić information content (AvgIpc) is 2.75. The molecule has 0 aromatic carbocycles. The van der Waals surface area contributed by atoms with Crippen molar-refractivity contribution in [1.82, 2.24) is 0 Å². The minimum Gasteiger partial charge on any atom is -0.394 e. The predicted molar refractivity (Wildman–Crippen MR) is 62.6 cm³/mol. The largest absolute Gasteiger partial charge is 0.394 e. The molecule has 0 spiro atoms. The Balaban J connectivity index is 2.07. The first-order chi connectivity index (χ1) is 9.90. The molecule has 7 N–H and O–H groups in total. The lowest BCUT2D eigenvalue weighted by molar-refractivity contribution is -0.318. The van der Waals surface area contributed by atoms with Crippen LogP contribution in [-0.2, 0) is 14.2 Å². The molecule has 2 saturated heterocycles. The maximum absolute atomic E-state index is 9.80. The van der Waals surface area contributed by atoms with E-state index in [-0.39, 0.29) is 0 Å². The van der Waals surface area contributed by atoms with Crippen molar-refractivity contribution in [2.75, 3.05) is 13.2 Å². The van der Waals surface area contributed by atoms with Crippen LogP contribution in [0.2, 0.25) is 0 Å². The van der Waals surface area contributed by atoms with E-state index in [1.54, 1.807) is 0 Å². The fourth-order valence-corrected chi connectivity index (χ4v) is 2.37. The van der Waals surface area contributed by atoms with Gasteiger partial charge in [-0.2, -0.15) is 0 Å². The fraction of sp³-hybridized carbons (Fsp3) is 1.00. The SMILES string of the molecule is OC[C@@H]1O[C@@H](O)[C@H](O)[C@H]1O[C@H]1O[C@H](CO)[C@@H](O)[C@H](O)[C@H]1O. The Bertz CT molecular complexity index is 339. The summed E-state index contributed by atoms with van der Waals surface area (Å²) in [6.07, 6.45) is -12.8. The molecule has 10 nitrogen and oxygen atoms in total. The number of ether oxygens (including phenoxy) is 3. The van der Waals surface area contributed by atoms with Crippen molar-refractivity contribution in [2.24, 2.45) is 0 Å². The number of hydrogen-bond donors (Lipinski definition) is 7. The standard InChI is InChI=1S/C11H20O10/c12-1-3-5(14)6(15)7(16)11(20-3)21-9-4(2-13)19-10(18)8(9)17/h3-18H,1-2H2/t3-,4+,5-,6+,7-,8-,9+,10-,11-/m1/s1. The molecule has 0 aromatic rings. The van der Waals surface area contributed by atoms with Crippen LogP contribution in [0.5, 0.6) is 0 Å². The first-order valence-corrected chi connectivity index (χ1v) is 6.49. The van der Waals surface area contributed by atoms with E-state index < -0.39 is 68.5 Å². The van der Waals surface area contributed by atoms with Gasteiger partial charge in [-0.3, -0.25) is 0 Å². The molecule has 2 aliphatic heterocycles. The van der Waals surface area contributed by atoms with E-state index in [2.05, 4.69) is 0 Å². The van der Waals surface area contributed by atoms with Gasteiger partial charge in [-0.15, -0.1) is 0 Å². The Hall–Kier alpha value is -0.400. The molecule has 21 heavy (non-hydrogen) atoms. The zero-order chi connectivity index (χ0) is 15.7. The fourth-order valence-electron chi connectivity index (χ4n) is 2.37. The van der Waals surface area contributed by atoms with Gasteiger partial charge < -0.3 is 50.0 Å². The molecular formula is C11H20O10. The molecule has 2 heterocycles. The van der Waals surface area contributed by atoms with E-state index in [9.17, 15) is 25.5 Å². The predicted octanol–water partition coefficient (Wildman–Crippen LogP) is -4.76. The van der Waals surface area contributed by atoms with Gasteiger partial charge in [0, 0.05) is 0 Å². The molecular weight excluding hydrogens is 292 g/mol. The second-order valence-corrected chi connectivity index (χ2v) is 5.04. The maximum Gasteiger partial charge on any atom is 0.187 e. The van der Waals surface area contributed by atoms with Crippen LogP contribution in [0.1, 0.15) is 0 Å². The molecule has 2 rings (SSSR count). The van der Waals surface area contributed by atoms with Gasteiger partial charge in [-0.05, 0) is 0 Å². The lowest BCUT2D eigenvalue weighted by atomic mass is 9.99. The molecule has 0 aliphatic carbocycles. The molecule has 9 atom stereocenters. The highest BCUT2D eigenvalue weighted by atomic mass is 16.7. The van der Waals surface area contributed by atoms with Crippen LogP contribution in [0.4, 0.5) is 0 Å².